The summed E-state index contributed by atoms with van der Waals surface area (Å²) in [6.07, 6.45) is 1.67. The minimum Gasteiger partial charge on any atom is -0.481 e. The molecular formula is C23H30FO5P. The first-order valence-electron chi connectivity index (χ1n) is 9.86. The van der Waals surface area contributed by atoms with Gasteiger partial charge in [-0.05, 0) is 65.0 Å². The number of allylic oxidation sites excluding steroid dienone is 3. The molecule has 1 aromatic rings. The molecule has 2 rings (SSSR count). The summed E-state index contributed by atoms with van der Waals surface area (Å²) in [5.41, 5.74) is 2.90. The zero-order chi connectivity index (χ0) is 22.9. The Morgan fingerprint density at radius 3 is 2.43 bits per heavy atom. The molecule has 0 spiro atoms. The molecule has 0 amide bonds. The molecule has 0 aromatic heterocycles. The molecule has 0 aliphatic heterocycles. The maximum atomic E-state index is 13.8. The standard InChI is InChI=1S/C23H30FO5P/c1-15-10-16(6-7-20(15)24)18-12-22(2,3)14-23(4,5)19(18)8-9-30(28,29)13-17(25)11-21(26)27/h6-10H,11-14H2,1-5H3,(H,26,27)(H,28,29). The number of carbonyl (C=O) groups is 2. The summed E-state index contributed by atoms with van der Waals surface area (Å²) in [6.45, 7) is 10.1. The monoisotopic (exact) mass is 436 g/mol. The maximum Gasteiger partial charge on any atom is 0.310 e. The second kappa shape index (κ2) is 8.60. The lowest BCUT2D eigenvalue weighted by molar-refractivity contribution is -0.139. The van der Waals surface area contributed by atoms with E-state index in [1.807, 2.05) is 0 Å². The number of ketones is 1. The van der Waals surface area contributed by atoms with Gasteiger partial charge in [-0.2, -0.15) is 0 Å². The summed E-state index contributed by atoms with van der Waals surface area (Å²) in [4.78, 5) is 32.6. The Bertz CT molecular complexity index is 972. The summed E-state index contributed by atoms with van der Waals surface area (Å²) in [7, 11) is -3.98. The van der Waals surface area contributed by atoms with Crippen LogP contribution in [0.2, 0.25) is 0 Å². The fourth-order valence-electron chi connectivity index (χ4n) is 4.47. The minimum absolute atomic E-state index is 0.0151. The highest BCUT2D eigenvalue weighted by Gasteiger charge is 2.38. The Balaban J connectivity index is 2.51. The average Bonchev–Trinajstić information content (AvgIpc) is 2.52. The molecule has 1 unspecified atom stereocenters. The number of carboxylic acids is 1. The van der Waals surface area contributed by atoms with Crippen molar-refractivity contribution in [2.24, 2.45) is 10.8 Å². The van der Waals surface area contributed by atoms with E-state index in [1.54, 1.807) is 25.1 Å². The van der Waals surface area contributed by atoms with Crippen molar-refractivity contribution in [3.05, 3.63) is 52.6 Å². The highest BCUT2D eigenvalue weighted by Crippen LogP contribution is 2.53. The number of benzene rings is 1. The van der Waals surface area contributed by atoms with Crippen molar-refractivity contribution in [1.29, 1.82) is 0 Å². The smallest absolute Gasteiger partial charge is 0.310 e. The first kappa shape index (κ1) is 24.2. The van der Waals surface area contributed by atoms with Gasteiger partial charge >= 0.3 is 5.97 Å². The summed E-state index contributed by atoms with van der Waals surface area (Å²) in [6, 6.07) is 4.93. The number of rotatable bonds is 7. The van der Waals surface area contributed by atoms with Gasteiger partial charge in [0.2, 0.25) is 7.37 Å². The van der Waals surface area contributed by atoms with E-state index in [0.29, 0.717) is 5.56 Å². The van der Waals surface area contributed by atoms with E-state index in [0.717, 1.165) is 35.4 Å². The van der Waals surface area contributed by atoms with Crippen LogP contribution in [0.3, 0.4) is 0 Å². The van der Waals surface area contributed by atoms with Crippen molar-refractivity contribution >= 4 is 24.7 Å². The number of Topliss-reactive ketones (excluding diaryl/α,β-unsaturated/α-hetero) is 1. The van der Waals surface area contributed by atoms with E-state index >= 15 is 0 Å². The third kappa shape index (κ3) is 6.23. The molecule has 0 heterocycles. The predicted molar refractivity (Wildman–Crippen MR) is 116 cm³/mol. The number of hydrogen-bond donors (Lipinski definition) is 2. The molecule has 30 heavy (non-hydrogen) atoms. The van der Waals surface area contributed by atoms with Crippen LogP contribution in [0.1, 0.15) is 58.1 Å². The van der Waals surface area contributed by atoms with Gasteiger partial charge in [-0.1, -0.05) is 39.8 Å². The summed E-state index contributed by atoms with van der Waals surface area (Å²) < 4.78 is 26.3. The molecule has 0 saturated carbocycles. The Hall–Kier alpha value is -2.04. The van der Waals surface area contributed by atoms with E-state index < -0.39 is 31.7 Å². The van der Waals surface area contributed by atoms with Gasteiger partial charge in [0, 0.05) is 5.82 Å². The lowest BCUT2D eigenvalue weighted by Gasteiger charge is -2.43. The molecular weight excluding hydrogens is 406 g/mol. The van der Waals surface area contributed by atoms with Crippen molar-refractivity contribution in [2.45, 2.75) is 53.9 Å². The van der Waals surface area contributed by atoms with Gasteiger partial charge in [0.05, 0.1) is 6.16 Å². The van der Waals surface area contributed by atoms with Crippen molar-refractivity contribution < 1.29 is 28.5 Å². The highest BCUT2D eigenvalue weighted by molar-refractivity contribution is 7.62. The van der Waals surface area contributed by atoms with Crippen LogP contribution in [-0.4, -0.2) is 27.9 Å². The number of hydrogen-bond acceptors (Lipinski definition) is 3. The number of carboxylic acid groups (broad SMARTS) is 1. The van der Waals surface area contributed by atoms with Crippen LogP contribution in [0.15, 0.2) is 35.7 Å². The number of carbonyl (C=O) groups excluding carboxylic acids is 1. The van der Waals surface area contributed by atoms with Gasteiger partial charge in [-0.25, -0.2) is 4.39 Å². The first-order chi connectivity index (χ1) is 13.6. The Kier molecular flexibility index (Phi) is 6.95. The lowest BCUT2D eigenvalue weighted by atomic mass is 9.61. The van der Waals surface area contributed by atoms with Gasteiger partial charge < -0.3 is 10.00 Å². The van der Waals surface area contributed by atoms with Crippen LogP contribution in [-0.2, 0) is 14.2 Å². The molecule has 7 heteroatoms. The molecule has 1 aromatic carbocycles. The van der Waals surface area contributed by atoms with Gasteiger partial charge in [-0.3, -0.25) is 14.2 Å². The van der Waals surface area contributed by atoms with Gasteiger partial charge in [-0.15, -0.1) is 0 Å². The molecule has 2 N–H and O–H groups in total. The van der Waals surface area contributed by atoms with Crippen molar-refractivity contribution in [1.82, 2.24) is 0 Å². The molecule has 0 saturated heterocycles. The fourth-order valence-corrected chi connectivity index (χ4v) is 5.58. The van der Waals surface area contributed by atoms with Crippen molar-refractivity contribution in [2.75, 3.05) is 6.16 Å². The fraction of sp³-hybridized carbons (Fsp3) is 0.478. The number of aryl methyl sites for hydroxylation is 1. The van der Waals surface area contributed by atoms with Gasteiger partial charge in [0.15, 0.2) is 5.78 Å². The SMILES string of the molecule is Cc1cc(C2=C(C=CP(=O)(O)CC(=O)CC(=O)O)C(C)(C)CC(C)(C)C2)ccc1F. The summed E-state index contributed by atoms with van der Waals surface area (Å²) in [5, 5.41) is 8.69. The van der Waals surface area contributed by atoms with Crippen LogP contribution >= 0.6 is 7.37 Å². The quantitative estimate of drug-likeness (QED) is 0.431. The van der Waals surface area contributed by atoms with Gasteiger partial charge in [0.1, 0.15) is 12.2 Å². The van der Waals surface area contributed by atoms with Crippen LogP contribution in [0, 0.1) is 23.6 Å². The Labute approximate surface area is 177 Å². The zero-order valence-corrected chi connectivity index (χ0v) is 19.1. The first-order valence-corrected chi connectivity index (χ1v) is 11.8. The summed E-state index contributed by atoms with van der Waals surface area (Å²) in [5.74, 6) is -1.26. The maximum absolute atomic E-state index is 13.8. The Morgan fingerprint density at radius 2 is 1.87 bits per heavy atom. The van der Waals surface area contributed by atoms with Crippen LogP contribution in [0.5, 0.6) is 0 Å². The molecule has 164 valence electrons. The second-order valence-electron chi connectivity index (χ2n) is 9.60. The second-order valence-corrected chi connectivity index (χ2v) is 11.7. The Morgan fingerprint density at radius 1 is 1.23 bits per heavy atom. The third-order valence-corrected chi connectivity index (χ3v) is 6.78. The highest BCUT2D eigenvalue weighted by atomic mass is 31.2. The van der Waals surface area contributed by atoms with E-state index in [-0.39, 0.29) is 16.6 Å². The average molecular weight is 436 g/mol. The largest absolute Gasteiger partial charge is 0.481 e. The molecule has 5 nitrogen and oxygen atoms in total. The molecule has 1 aliphatic rings. The normalized spacial score (nSPS) is 20.2. The molecule has 0 fully saturated rings. The lowest BCUT2D eigenvalue weighted by Crippen LogP contribution is -2.30. The van der Waals surface area contributed by atoms with Crippen molar-refractivity contribution in [3.8, 4) is 0 Å². The van der Waals surface area contributed by atoms with Crippen LogP contribution in [0.4, 0.5) is 4.39 Å². The molecule has 0 radical (unpaired) electrons. The van der Waals surface area contributed by atoms with E-state index in [1.165, 1.54) is 6.07 Å². The molecule has 1 atom stereocenters. The predicted octanol–water partition coefficient (Wildman–Crippen LogP) is 5.56. The van der Waals surface area contributed by atoms with Crippen molar-refractivity contribution in [3.63, 3.8) is 0 Å². The van der Waals surface area contributed by atoms with E-state index in [9.17, 15) is 23.4 Å². The topological polar surface area (TPSA) is 91.7 Å². The number of aliphatic carboxylic acids is 1. The van der Waals surface area contributed by atoms with E-state index in [4.69, 9.17) is 5.11 Å². The number of halogens is 1. The molecule has 1 aliphatic carbocycles. The van der Waals surface area contributed by atoms with Crippen LogP contribution < -0.4 is 0 Å². The summed E-state index contributed by atoms with van der Waals surface area (Å²) >= 11 is 0. The third-order valence-electron chi connectivity index (χ3n) is 5.36. The molecule has 0 bridgehead atoms. The van der Waals surface area contributed by atoms with Gasteiger partial charge in [0.25, 0.3) is 0 Å². The zero-order valence-electron chi connectivity index (χ0n) is 18.2. The van der Waals surface area contributed by atoms with Crippen LogP contribution in [0.25, 0.3) is 5.57 Å². The minimum atomic E-state index is -3.98. The van der Waals surface area contributed by atoms with E-state index in [2.05, 4.69) is 27.7 Å².